The number of alkyl halides is 3. The molecule has 0 unspecified atom stereocenters. The Bertz CT molecular complexity index is 317. The number of rotatable bonds is 3. The van der Waals surface area contributed by atoms with E-state index in [2.05, 4.69) is 9.72 Å². The van der Waals surface area contributed by atoms with Crippen LogP contribution in [0.4, 0.5) is 13.2 Å². The Morgan fingerprint density at radius 3 is 2.29 bits per heavy atom. The maximum absolute atomic E-state index is 11.8. The molecule has 0 amide bonds. The van der Waals surface area contributed by atoms with Crippen molar-refractivity contribution in [2.75, 3.05) is 6.61 Å². The first-order chi connectivity index (χ1) is 6.88. The van der Waals surface area contributed by atoms with E-state index in [9.17, 15) is 13.2 Å². The minimum Gasteiger partial charge on any atom is -0.483 e. The van der Waals surface area contributed by atoms with Gasteiger partial charge in [-0.1, -0.05) is 0 Å². The van der Waals surface area contributed by atoms with E-state index in [4.69, 9.17) is 5.73 Å². The SMILES string of the molecule is C[C@H](N)c1ccc(OCC(F)(F)F)cn1.Cl.Cl. The van der Waals surface area contributed by atoms with Crippen molar-refractivity contribution in [1.82, 2.24) is 4.98 Å². The summed E-state index contributed by atoms with van der Waals surface area (Å²) >= 11 is 0. The van der Waals surface area contributed by atoms with Gasteiger partial charge in [-0.3, -0.25) is 4.98 Å². The molecule has 0 fully saturated rings. The Labute approximate surface area is 109 Å². The highest BCUT2D eigenvalue weighted by Crippen LogP contribution is 2.18. The third kappa shape index (κ3) is 7.25. The molecule has 0 aliphatic rings. The van der Waals surface area contributed by atoms with E-state index in [1.807, 2.05) is 0 Å². The fourth-order valence-corrected chi connectivity index (χ4v) is 0.912. The van der Waals surface area contributed by atoms with Crippen LogP contribution in [0.25, 0.3) is 0 Å². The third-order valence-electron chi connectivity index (χ3n) is 1.63. The number of hydrogen-bond donors (Lipinski definition) is 1. The highest BCUT2D eigenvalue weighted by atomic mass is 35.5. The molecule has 1 heterocycles. The fourth-order valence-electron chi connectivity index (χ4n) is 0.912. The maximum atomic E-state index is 11.8. The second kappa shape index (κ2) is 7.58. The summed E-state index contributed by atoms with van der Waals surface area (Å²) in [4.78, 5) is 3.86. The van der Waals surface area contributed by atoms with Gasteiger partial charge in [-0.2, -0.15) is 13.2 Å². The second-order valence-corrected chi connectivity index (χ2v) is 3.11. The van der Waals surface area contributed by atoms with Crippen molar-refractivity contribution in [2.45, 2.75) is 19.1 Å². The molecular weight excluding hydrogens is 280 g/mol. The molecule has 0 saturated heterocycles. The van der Waals surface area contributed by atoms with Gasteiger partial charge in [-0.15, -0.1) is 24.8 Å². The van der Waals surface area contributed by atoms with E-state index in [1.165, 1.54) is 18.3 Å². The zero-order valence-electron chi connectivity index (χ0n) is 8.90. The zero-order chi connectivity index (χ0) is 11.5. The van der Waals surface area contributed by atoms with Crippen LogP contribution in [0.1, 0.15) is 18.7 Å². The molecule has 2 N–H and O–H groups in total. The van der Waals surface area contributed by atoms with E-state index in [0.29, 0.717) is 5.69 Å². The highest BCUT2D eigenvalue weighted by molar-refractivity contribution is 5.85. The minimum atomic E-state index is -4.33. The van der Waals surface area contributed by atoms with Crippen molar-refractivity contribution in [3.63, 3.8) is 0 Å². The first-order valence-electron chi connectivity index (χ1n) is 4.29. The third-order valence-corrected chi connectivity index (χ3v) is 1.63. The molecular formula is C9H13Cl2F3N2O. The largest absolute Gasteiger partial charge is 0.483 e. The molecule has 1 rings (SSSR count). The Morgan fingerprint density at radius 2 is 1.94 bits per heavy atom. The smallest absolute Gasteiger partial charge is 0.422 e. The lowest BCUT2D eigenvalue weighted by Crippen LogP contribution is -2.19. The molecule has 0 aromatic carbocycles. The Hall–Kier alpha value is -0.720. The summed E-state index contributed by atoms with van der Waals surface area (Å²) < 4.78 is 39.8. The van der Waals surface area contributed by atoms with Crippen molar-refractivity contribution < 1.29 is 17.9 Å². The average molecular weight is 293 g/mol. The molecule has 1 atom stereocenters. The van der Waals surface area contributed by atoms with Gasteiger partial charge in [0.25, 0.3) is 0 Å². The molecule has 3 nitrogen and oxygen atoms in total. The molecule has 0 aliphatic heterocycles. The van der Waals surface area contributed by atoms with E-state index < -0.39 is 12.8 Å². The summed E-state index contributed by atoms with van der Waals surface area (Å²) in [6.07, 6.45) is -3.11. The van der Waals surface area contributed by atoms with Crippen molar-refractivity contribution in [3.05, 3.63) is 24.0 Å². The number of ether oxygens (including phenoxy) is 1. The van der Waals surface area contributed by atoms with Crippen LogP contribution < -0.4 is 10.5 Å². The van der Waals surface area contributed by atoms with Gasteiger partial charge in [0.2, 0.25) is 0 Å². The number of pyridine rings is 1. The van der Waals surface area contributed by atoms with E-state index >= 15 is 0 Å². The highest BCUT2D eigenvalue weighted by Gasteiger charge is 2.28. The van der Waals surface area contributed by atoms with Gasteiger partial charge in [0.05, 0.1) is 11.9 Å². The Kier molecular flexibility index (Phi) is 8.31. The van der Waals surface area contributed by atoms with Gasteiger partial charge in [0, 0.05) is 6.04 Å². The quantitative estimate of drug-likeness (QED) is 0.932. The molecule has 1 aromatic heterocycles. The summed E-state index contributed by atoms with van der Waals surface area (Å²) in [7, 11) is 0. The Balaban J connectivity index is 0. The van der Waals surface area contributed by atoms with Gasteiger partial charge < -0.3 is 10.5 Å². The zero-order valence-corrected chi connectivity index (χ0v) is 10.5. The normalized spacial score (nSPS) is 12.1. The molecule has 17 heavy (non-hydrogen) atoms. The van der Waals surface area contributed by atoms with E-state index in [1.54, 1.807) is 6.92 Å². The van der Waals surface area contributed by atoms with Gasteiger partial charge in [0.15, 0.2) is 6.61 Å². The van der Waals surface area contributed by atoms with E-state index in [0.717, 1.165) is 0 Å². The molecule has 1 aromatic rings. The average Bonchev–Trinajstić information content (AvgIpc) is 2.14. The lowest BCUT2D eigenvalue weighted by molar-refractivity contribution is -0.153. The summed E-state index contributed by atoms with van der Waals surface area (Å²) in [6, 6.07) is 2.70. The molecule has 0 aliphatic carbocycles. The molecule has 0 bridgehead atoms. The van der Waals surface area contributed by atoms with Crippen LogP contribution in [-0.4, -0.2) is 17.8 Å². The first-order valence-corrected chi connectivity index (χ1v) is 4.29. The van der Waals surface area contributed by atoms with Crippen LogP contribution in [0, 0.1) is 0 Å². The molecule has 0 saturated carbocycles. The lowest BCUT2D eigenvalue weighted by Gasteiger charge is -2.09. The molecule has 0 radical (unpaired) electrons. The standard InChI is InChI=1S/C9H11F3N2O.2ClH/c1-6(13)8-3-2-7(4-14-8)15-5-9(10,11)12;;/h2-4,6H,5,13H2,1H3;2*1H/t6-;;/m0../s1. The first kappa shape index (κ1) is 18.6. The predicted molar refractivity (Wildman–Crippen MR) is 62.9 cm³/mol. The van der Waals surface area contributed by atoms with Crippen LogP contribution in [0.2, 0.25) is 0 Å². The van der Waals surface area contributed by atoms with Gasteiger partial charge in [-0.25, -0.2) is 0 Å². The fraction of sp³-hybridized carbons (Fsp3) is 0.444. The summed E-state index contributed by atoms with van der Waals surface area (Å²) in [5.41, 5.74) is 6.13. The number of halogens is 5. The van der Waals surface area contributed by atoms with Crippen molar-refractivity contribution in [3.8, 4) is 5.75 Å². The van der Waals surface area contributed by atoms with Crippen molar-refractivity contribution in [1.29, 1.82) is 0 Å². The number of nitrogens with two attached hydrogens (primary N) is 1. The van der Waals surface area contributed by atoms with Crippen LogP contribution in [0.3, 0.4) is 0 Å². The Morgan fingerprint density at radius 1 is 1.35 bits per heavy atom. The van der Waals surface area contributed by atoms with Crippen LogP contribution in [0.5, 0.6) is 5.75 Å². The maximum Gasteiger partial charge on any atom is 0.422 e. The van der Waals surface area contributed by atoms with Gasteiger partial charge in [0.1, 0.15) is 5.75 Å². The van der Waals surface area contributed by atoms with E-state index in [-0.39, 0.29) is 36.6 Å². The predicted octanol–water partition coefficient (Wildman–Crippen LogP) is 2.89. The summed E-state index contributed by atoms with van der Waals surface area (Å²) in [5.74, 6) is 0.0803. The molecule has 8 heteroatoms. The molecule has 0 spiro atoms. The van der Waals surface area contributed by atoms with Crippen LogP contribution in [-0.2, 0) is 0 Å². The van der Waals surface area contributed by atoms with Crippen molar-refractivity contribution >= 4 is 24.8 Å². The lowest BCUT2D eigenvalue weighted by atomic mass is 10.2. The minimum absolute atomic E-state index is 0. The summed E-state index contributed by atoms with van der Waals surface area (Å²) in [5, 5.41) is 0. The topological polar surface area (TPSA) is 48.1 Å². The monoisotopic (exact) mass is 292 g/mol. The number of hydrogen-bond acceptors (Lipinski definition) is 3. The number of aromatic nitrogens is 1. The molecule has 100 valence electrons. The number of nitrogens with zero attached hydrogens (tertiary/aromatic N) is 1. The van der Waals surface area contributed by atoms with Gasteiger partial charge in [-0.05, 0) is 19.1 Å². The summed E-state index contributed by atoms with van der Waals surface area (Å²) in [6.45, 7) is 0.421. The van der Waals surface area contributed by atoms with Gasteiger partial charge >= 0.3 is 6.18 Å². The van der Waals surface area contributed by atoms with Crippen LogP contribution in [0.15, 0.2) is 18.3 Å². The second-order valence-electron chi connectivity index (χ2n) is 3.11. The van der Waals surface area contributed by atoms with Crippen molar-refractivity contribution in [2.24, 2.45) is 5.73 Å². The van der Waals surface area contributed by atoms with Crippen LogP contribution >= 0.6 is 24.8 Å².